The first-order valence-electron chi connectivity index (χ1n) is 7.87. The van der Waals surface area contributed by atoms with Gasteiger partial charge in [0.25, 0.3) is 0 Å². The number of nitrogens with zero attached hydrogens (tertiary/aromatic N) is 1. The fourth-order valence-corrected chi connectivity index (χ4v) is 2.19. The van der Waals surface area contributed by atoms with Gasteiger partial charge in [0.05, 0.1) is 12.8 Å². The average Bonchev–Trinajstić information content (AvgIpc) is 2.62. The predicted octanol–water partition coefficient (Wildman–Crippen LogP) is 3.47. The molecule has 0 saturated carbocycles. The molecule has 2 N–H and O–H groups in total. The van der Waals surface area contributed by atoms with Crippen LogP contribution in [0, 0.1) is 11.6 Å². The molecule has 0 aliphatic heterocycles. The molecule has 26 heavy (non-hydrogen) atoms. The molecule has 0 saturated heterocycles. The summed E-state index contributed by atoms with van der Waals surface area (Å²) in [5, 5.41) is 4.98. The lowest BCUT2D eigenvalue weighted by Crippen LogP contribution is -2.40. The van der Waals surface area contributed by atoms with Crippen molar-refractivity contribution in [2.24, 2.45) is 0 Å². The average molecular weight is 363 g/mol. The van der Waals surface area contributed by atoms with Crippen molar-refractivity contribution in [1.82, 2.24) is 4.90 Å². The first-order valence-corrected chi connectivity index (χ1v) is 7.87. The van der Waals surface area contributed by atoms with E-state index in [4.69, 9.17) is 4.74 Å². The summed E-state index contributed by atoms with van der Waals surface area (Å²) in [6.07, 6.45) is 0. The van der Waals surface area contributed by atoms with E-state index < -0.39 is 23.6 Å². The fourth-order valence-electron chi connectivity index (χ4n) is 2.19. The van der Waals surface area contributed by atoms with Gasteiger partial charge in [-0.05, 0) is 31.2 Å². The van der Waals surface area contributed by atoms with Crippen LogP contribution in [0.3, 0.4) is 0 Å². The zero-order valence-corrected chi connectivity index (χ0v) is 14.4. The Kier molecular flexibility index (Phi) is 6.48. The third-order valence-corrected chi connectivity index (χ3v) is 3.53. The first-order chi connectivity index (χ1) is 12.4. The number of rotatable bonds is 6. The van der Waals surface area contributed by atoms with Gasteiger partial charge < -0.3 is 20.3 Å². The van der Waals surface area contributed by atoms with E-state index in [-0.39, 0.29) is 18.8 Å². The number of hydrogen-bond acceptors (Lipinski definition) is 3. The van der Waals surface area contributed by atoms with Gasteiger partial charge in [-0.15, -0.1) is 0 Å². The maximum absolute atomic E-state index is 13.6. The smallest absolute Gasteiger partial charge is 0.322 e. The van der Waals surface area contributed by atoms with Gasteiger partial charge in [-0.3, -0.25) is 4.79 Å². The van der Waals surface area contributed by atoms with Crippen LogP contribution in [0.1, 0.15) is 6.92 Å². The standard InChI is InChI=1S/C18H19F2N3O3/c1-3-23(18(25)22-16-8-7-12(19)9-15(16)20)11-17(24)21-13-5-4-6-14(10-13)26-2/h4-10H,3,11H2,1-2H3,(H,21,24)(H,22,25). The molecule has 2 rings (SSSR count). The van der Waals surface area contributed by atoms with Crippen molar-refractivity contribution in [1.29, 1.82) is 0 Å². The minimum absolute atomic E-state index is 0.164. The van der Waals surface area contributed by atoms with Crippen molar-refractivity contribution in [3.63, 3.8) is 0 Å². The van der Waals surface area contributed by atoms with Gasteiger partial charge in [0.1, 0.15) is 23.9 Å². The second-order valence-electron chi connectivity index (χ2n) is 5.35. The van der Waals surface area contributed by atoms with Gasteiger partial charge in [-0.2, -0.15) is 0 Å². The number of carbonyl (C=O) groups is 2. The molecule has 0 aliphatic rings. The highest BCUT2D eigenvalue weighted by Gasteiger charge is 2.17. The molecule has 2 aromatic carbocycles. The van der Waals surface area contributed by atoms with E-state index in [1.54, 1.807) is 31.2 Å². The summed E-state index contributed by atoms with van der Waals surface area (Å²) in [5.74, 6) is -1.48. The number of carbonyl (C=O) groups excluding carboxylic acids is 2. The van der Waals surface area contributed by atoms with E-state index in [1.165, 1.54) is 12.0 Å². The summed E-state index contributed by atoms with van der Waals surface area (Å²) in [7, 11) is 1.51. The van der Waals surface area contributed by atoms with E-state index >= 15 is 0 Å². The molecule has 138 valence electrons. The van der Waals surface area contributed by atoms with E-state index in [0.29, 0.717) is 17.5 Å². The number of hydrogen-bond donors (Lipinski definition) is 2. The molecule has 0 unspecified atom stereocenters. The summed E-state index contributed by atoms with van der Waals surface area (Å²) in [6.45, 7) is 1.67. The van der Waals surface area contributed by atoms with E-state index in [0.717, 1.165) is 12.1 Å². The Bertz CT molecular complexity index is 799. The fraction of sp³-hybridized carbons (Fsp3) is 0.222. The van der Waals surface area contributed by atoms with Gasteiger partial charge in [0, 0.05) is 24.4 Å². The molecule has 0 bridgehead atoms. The van der Waals surface area contributed by atoms with Crippen molar-refractivity contribution in [2.75, 3.05) is 30.8 Å². The van der Waals surface area contributed by atoms with Gasteiger partial charge in [-0.1, -0.05) is 6.07 Å². The Morgan fingerprint density at radius 2 is 1.88 bits per heavy atom. The molecule has 3 amide bonds. The maximum atomic E-state index is 13.6. The highest BCUT2D eigenvalue weighted by molar-refractivity contribution is 5.97. The van der Waals surface area contributed by atoms with Gasteiger partial charge in [0.2, 0.25) is 5.91 Å². The number of nitrogens with one attached hydrogen (secondary N) is 2. The van der Waals surface area contributed by atoms with Crippen LogP contribution in [0.25, 0.3) is 0 Å². The molecule has 0 fully saturated rings. The SMILES string of the molecule is CCN(CC(=O)Nc1cccc(OC)c1)C(=O)Nc1ccc(F)cc1F. The monoisotopic (exact) mass is 363 g/mol. The second kappa shape index (κ2) is 8.80. The summed E-state index contributed by atoms with van der Waals surface area (Å²) in [5.41, 5.74) is 0.360. The second-order valence-corrected chi connectivity index (χ2v) is 5.35. The van der Waals surface area contributed by atoms with Gasteiger partial charge in [0.15, 0.2) is 0 Å². The molecule has 0 aliphatic carbocycles. The summed E-state index contributed by atoms with van der Waals surface area (Å²) >= 11 is 0. The molecular weight excluding hydrogens is 344 g/mol. The molecule has 0 radical (unpaired) electrons. The van der Waals surface area contributed by atoms with Crippen molar-refractivity contribution in [3.8, 4) is 5.75 Å². The van der Waals surface area contributed by atoms with Crippen LogP contribution in [0.5, 0.6) is 5.75 Å². The summed E-state index contributed by atoms with van der Waals surface area (Å²) < 4.78 is 31.6. The van der Waals surface area contributed by atoms with Crippen LogP contribution in [0.15, 0.2) is 42.5 Å². The van der Waals surface area contributed by atoms with Crippen LogP contribution in [0.2, 0.25) is 0 Å². The molecule has 8 heteroatoms. The Balaban J connectivity index is 1.98. The molecule has 0 atom stereocenters. The van der Waals surface area contributed by atoms with Crippen LogP contribution in [-0.2, 0) is 4.79 Å². The number of halogens is 2. The van der Waals surface area contributed by atoms with Crippen molar-refractivity contribution in [2.45, 2.75) is 6.92 Å². The highest BCUT2D eigenvalue weighted by atomic mass is 19.1. The van der Waals surface area contributed by atoms with Gasteiger partial charge in [-0.25, -0.2) is 13.6 Å². The van der Waals surface area contributed by atoms with Gasteiger partial charge >= 0.3 is 6.03 Å². The zero-order valence-electron chi connectivity index (χ0n) is 14.4. The Morgan fingerprint density at radius 3 is 2.54 bits per heavy atom. The molecule has 6 nitrogen and oxygen atoms in total. The molecular formula is C18H19F2N3O3. The molecule has 0 aromatic heterocycles. The Labute approximate surface area is 149 Å². The topological polar surface area (TPSA) is 70.7 Å². The van der Waals surface area contributed by atoms with E-state index in [9.17, 15) is 18.4 Å². The highest BCUT2D eigenvalue weighted by Crippen LogP contribution is 2.17. The third-order valence-electron chi connectivity index (χ3n) is 3.53. The number of urea groups is 1. The van der Waals surface area contributed by atoms with Crippen molar-refractivity contribution >= 4 is 23.3 Å². The van der Waals surface area contributed by atoms with Crippen molar-refractivity contribution < 1.29 is 23.1 Å². The van der Waals surface area contributed by atoms with Crippen LogP contribution in [0.4, 0.5) is 25.0 Å². The number of methoxy groups -OCH3 is 1. The summed E-state index contributed by atoms with van der Waals surface area (Å²) in [6, 6.07) is 8.93. The molecule has 0 heterocycles. The minimum Gasteiger partial charge on any atom is -0.497 e. The lowest BCUT2D eigenvalue weighted by molar-refractivity contribution is -0.116. The zero-order chi connectivity index (χ0) is 19.1. The Morgan fingerprint density at radius 1 is 1.12 bits per heavy atom. The number of likely N-dealkylation sites (N-methyl/N-ethyl adjacent to an activating group) is 1. The van der Waals surface area contributed by atoms with Crippen LogP contribution >= 0.6 is 0 Å². The number of benzene rings is 2. The largest absolute Gasteiger partial charge is 0.497 e. The van der Waals surface area contributed by atoms with Crippen LogP contribution < -0.4 is 15.4 Å². The normalized spacial score (nSPS) is 10.2. The lowest BCUT2D eigenvalue weighted by atomic mass is 10.3. The van der Waals surface area contributed by atoms with Crippen LogP contribution in [-0.4, -0.2) is 37.0 Å². The first kappa shape index (κ1) is 19.2. The summed E-state index contributed by atoms with van der Waals surface area (Å²) in [4.78, 5) is 25.6. The number of ether oxygens (including phenoxy) is 1. The predicted molar refractivity (Wildman–Crippen MR) is 94.2 cm³/mol. The van der Waals surface area contributed by atoms with Crippen molar-refractivity contribution in [3.05, 3.63) is 54.1 Å². The number of anilines is 2. The van der Waals surface area contributed by atoms with E-state index in [1.807, 2.05) is 0 Å². The molecule has 0 spiro atoms. The molecule has 2 aromatic rings. The lowest BCUT2D eigenvalue weighted by Gasteiger charge is -2.21. The van der Waals surface area contributed by atoms with E-state index in [2.05, 4.69) is 10.6 Å². The maximum Gasteiger partial charge on any atom is 0.322 e. The quantitative estimate of drug-likeness (QED) is 0.826. The Hall–Kier alpha value is -3.16. The minimum atomic E-state index is -0.893. The third kappa shape index (κ3) is 5.17. The number of amides is 3.